The Bertz CT molecular complexity index is 2030. The highest BCUT2D eigenvalue weighted by Gasteiger charge is 2.59. The number of hydrogen-bond acceptors (Lipinski definition) is 35. The van der Waals surface area contributed by atoms with E-state index in [0.717, 1.165) is 0 Å². The third-order valence-electron chi connectivity index (χ3n) is 15.2. The summed E-state index contributed by atoms with van der Waals surface area (Å²) in [4.78, 5) is 12.2. The molecule has 0 aromatic rings. The number of carbonyl (C=O) groups is 1. The van der Waals surface area contributed by atoms with Gasteiger partial charge in [-0.25, -0.2) is 0 Å². The fourth-order valence-corrected chi connectivity index (χ4v) is 10.7. The highest BCUT2D eigenvalue weighted by Crippen LogP contribution is 2.39. The molecule has 466 valence electrons. The first kappa shape index (κ1) is 64.7. The van der Waals surface area contributed by atoms with Crippen LogP contribution in [0.4, 0.5) is 0 Å². The zero-order valence-electron chi connectivity index (χ0n) is 42.3. The van der Waals surface area contributed by atoms with Gasteiger partial charge in [-0.2, -0.15) is 0 Å². The van der Waals surface area contributed by atoms with E-state index in [-0.39, 0.29) is 0 Å². The van der Waals surface area contributed by atoms with E-state index in [1.54, 1.807) is 5.92 Å². The molecule has 36 heteroatoms. The smallest absolute Gasteiger partial charge is 0.295 e. The number of nitrogens with one attached hydrogen (secondary N) is 1. The highest BCUT2D eigenvalue weighted by atomic mass is 16.8. The van der Waals surface area contributed by atoms with Gasteiger partial charge in [-0.3, -0.25) is 4.79 Å². The molecule has 21 aliphatic heterocycles. The number of terminal acetylenes is 1. The van der Waals surface area contributed by atoms with Crippen molar-refractivity contribution >= 4 is 5.91 Å². The summed E-state index contributed by atoms with van der Waals surface area (Å²) in [6.07, 6.45) is -66.0. The predicted molar refractivity (Wildman–Crippen MR) is 243 cm³/mol. The number of amides is 1. The number of ether oxygens (including phenoxy) is 14. The van der Waals surface area contributed by atoms with Gasteiger partial charge in [0.1, 0.15) is 171 Å². The number of carbonyl (C=O) groups excluding carboxylic acids is 1. The van der Waals surface area contributed by atoms with Crippen LogP contribution in [0.25, 0.3) is 0 Å². The van der Waals surface area contributed by atoms with E-state index >= 15 is 0 Å². The summed E-state index contributed by atoms with van der Waals surface area (Å²) in [5.74, 6) is 0.713. The standard InChI is InChI=1S/C45H71NO35/c1-2-17(53)46-3-10-32-18(54)25(61)39(68-10)76-33-11(4-47)70-41(27(63)20(33)56)78-35-13(6-49)72-43(29(65)22(35)58)80-37-15(8-51)74-45(31(67)24(37)60)81-38-16(9-52)73-44(30(66)23(38)59)79-36-14(7-50)71-42(28(64)21(36)57)77-34-12(5-48)69-40(75-32)26(62)19(34)55/h1,10-16,18-45,47-52,54-67H,3-9H2,(H,46,53)/t10-,11-,12-,13-,14-,15-,16-,18-,19-,20-,21-,22-,23-,24-,25-,26-,27-,28-,29-,30-,31-,32-,33-,34-,35-,36-,37-,38-,39-,40-,41-,42-,43-,44-,45-/m1/s1. The Labute approximate surface area is 457 Å². The Kier molecular flexibility index (Phi) is 22.0. The first-order chi connectivity index (χ1) is 38.5. The van der Waals surface area contributed by atoms with Crippen molar-refractivity contribution in [3.63, 3.8) is 0 Å². The fraction of sp³-hybridized carbons (Fsp3) is 0.933. The van der Waals surface area contributed by atoms with E-state index in [9.17, 15) is 107 Å². The van der Waals surface area contributed by atoms with Crippen molar-refractivity contribution < 1.29 is 173 Å². The van der Waals surface area contributed by atoms with E-state index < -0.39 is 267 Å². The van der Waals surface area contributed by atoms with E-state index in [1.807, 2.05) is 0 Å². The maximum Gasteiger partial charge on any atom is 0.295 e. The van der Waals surface area contributed by atoms with Crippen molar-refractivity contribution in [3.05, 3.63) is 0 Å². The minimum absolute atomic E-state index is 0.697. The second-order valence-corrected chi connectivity index (χ2v) is 20.3. The largest absolute Gasteiger partial charge is 0.394 e. The molecule has 1 amide bonds. The quantitative estimate of drug-likeness (QED) is 0.100. The molecule has 0 aliphatic carbocycles. The van der Waals surface area contributed by atoms with Crippen LogP contribution >= 0.6 is 0 Å². The van der Waals surface area contributed by atoms with Crippen LogP contribution in [0.1, 0.15) is 0 Å². The molecule has 0 spiro atoms. The van der Waals surface area contributed by atoms with E-state index in [0.29, 0.717) is 0 Å². The summed E-state index contributed by atoms with van der Waals surface area (Å²) < 4.78 is 80.1. The van der Waals surface area contributed by atoms with Crippen molar-refractivity contribution in [2.24, 2.45) is 0 Å². The summed E-state index contributed by atoms with van der Waals surface area (Å²) in [7, 11) is 0. The van der Waals surface area contributed by atoms with E-state index in [4.69, 9.17) is 72.7 Å². The molecular formula is C45H71NO35. The first-order valence-electron chi connectivity index (χ1n) is 25.6. The molecule has 35 atom stereocenters. The molecule has 0 aromatic carbocycles. The second-order valence-electron chi connectivity index (χ2n) is 20.3. The topological polar surface area (TPSA) is 563 Å². The Balaban J connectivity index is 1.10. The molecular weight excluding hydrogens is 1110 g/mol. The van der Waals surface area contributed by atoms with Crippen LogP contribution in [0, 0.1) is 12.3 Å². The molecule has 81 heavy (non-hydrogen) atoms. The van der Waals surface area contributed by atoms with Crippen molar-refractivity contribution in [2.75, 3.05) is 46.2 Å². The van der Waals surface area contributed by atoms with Crippen LogP contribution in [0.5, 0.6) is 0 Å². The summed E-state index contributed by atoms with van der Waals surface area (Å²) >= 11 is 0. The maximum atomic E-state index is 12.2. The lowest BCUT2D eigenvalue weighted by molar-refractivity contribution is -0.396. The molecule has 0 unspecified atom stereocenters. The number of aliphatic hydroxyl groups excluding tert-OH is 20. The Hall–Kier alpha value is -2.33. The third kappa shape index (κ3) is 13.0. The molecule has 0 aromatic heterocycles. The van der Waals surface area contributed by atoms with Crippen LogP contribution in [0.3, 0.4) is 0 Å². The van der Waals surface area contributed by atoms with Gasteiger partial charge in [-0.15, -0.1) is 6.42 Å². The van der Waals surface area contributed by atoms with Gasteiger partial charge < -0.3 is 174 Å². The highest BCUT2D eigenvalue weighted by molar-refractivity contribution is 5.92. The van der Waals surface area contributed by atoms with Gasteiger partial charge in [-0.05, 0) is 5.92 Å². The number of rotatable bonds is 8. The van der Waals surface area contributed by atoms with Crippen molar-refractivity contribution in [1.82, 2.24) is 5.32 Å². The van der Waals surface area contributed by atoms with Crippen LogP contribution < -0.4 is 5.32 Å². The van der Waals surface area contributed by atoms with Gasteiger partial charge in [0.05, 0.1) is 39.6 Å². The molecule has 14 bridgehead atoms. The second kappa shape index (κ2) is 27.6. The summed E-state index contributed by atoms with van der Waals surface area (Å²) in [5, 5.41) is 224. The van der Waals surface area contributed by atoms with Crippen LogP contribution in [-0.4, -0.2) is 369 Å². The van der Waals surface area contributed by atoms with Crippen molar-refractivity contribution in [2.45, 2.75) is 215 Å². The molecule has 36 nitrogen and oxygen atoms in total. The van der Waals surface area contributed by atoms with E-state index in [2.05, 4.69) is 5.32 Å². The third-order valence-corrected chi connectivity index (χ3v) is 15.2. The Morgan fingerprint density at radius 1 is 0.284 bits per heavy atom. The first-order valence-corrected chi connectivity index (χ1v) is 25.6. The fourth-order valence-electron chi connectivity index (χ4n) is 10.7. The molecule has 0 radical (unpaired) electrons. The maximum absolute atomic E-state index is 12.2. The Morgan fingerprint density at radius 2 is 0.444 bits per heavy atom. The molecule has 21 fully saturated rings. The lowest BCUT2D eigenvalue weighted by Gasteiger charge is -2.50. The lowest BCUT2D eigenvalue weighted by Crippen LogP contribution is -2.68. The molecule has 21 heterocycles. The van der Waals surface area contributed by atoms with Gasteiger partial charge >= 0.3 is 0 Å². The number of hydrogen-bond donors (Lipinski definition) is 21. The predicted octanol–water partition coefficient (Wildman–Crippen LogP) is -15.5. The summed E-state index contributed by atoms with van der Waals surface area (Å²) in [6, 6.07) is 0. The summed E-state index contributed by atoms with van der Waals surface area (Å²) in [5.41, 5.74) is 0. The van der Waals surface area contributed by atoms with Crippen LogP contribution in [0.15, 0.2) is 0 Å². The SMILES string of the molecule is C#CC(=O)NC[C@H]1O[C@@H]2O[C@H]3[C@H](O)[C@@H](O)[C@@H](O[C@H]4[C@H](O)[C@@H](O)[C@@H](O[C@H]5[C@H](O)[C@@H](O)[C@@H](O[C@H]6[C@H](O)[C@@H](O)[C@@H](O[C@H]7[C@H](O)[C@@H](O)[C@@H](O[C@H]8[C@H](O)[C@@H](O)[C@@H](O[C@H]1[C@H](O)[C@H]2O)O[C@@H]8CO)O[C@@H]7CO)O[C@@H]6CO)O[C@@H]5CO)O[C@@H]4CO)O[C@@H]3CO. The van der Waals surface area contributed by atoms with Crippen molar-refractivity contribution in [1.29, 1.82) is 0 Å². The van der Waals surface area contributed by atoms with Gasteiger partial charge in [0.2, 0.25) is 0 Å². The van der Waals surface area contributed by atoms with Gasteiger partial charge in [0.15, 0.2) is 44.0 Å². The summed E-state index contributed by atoms with van der Waals surface area (Å²) in [6.45, 7) is -7.09. The molecule has 21 rings (SSSR count). The number of aliphatic hydroxyl groups is 20. The minimum Gasteiger partial charge on any atom is -0.394 e. The van der Waals surface area contributed by atoms with E-state index in [1.165, 1.54) is 0 Å². The zero-order chi connectivity index (χ0) is 59.0. The monoisotopic (exact) mass is 1190 g/mol. The van der Waals surface area contributed by atoms with Gasteiger partial charge in [0.25, 0.3) is 5.91 Å². The Morgan fingerprint density at radius 3 is 0.605 bits per heavy atom. The average molecular weight is 1190 g/mol. The lowest BCUT2D eigenvalue weighted by atomic mass is 9.95. The normalized spacial score (nSPS) is 53.0. The zero-order valence-corrected chi connectivity index (χ0v) is 42.3. The average Bonchev–Trinajstić information content (AvgIpc) is 3.59. The van der Waals surface area contributed by atoms with Crippen LogP contribution in [0.2, 0.25) is 0 Å². The van der Waals surface area contributed by atoms with Crippen LogP contribution in [-0.2, 0) is 71.1 Å². The minimum atomic E-state index is -2.26. The van der Waals surface area contributed by atoms with Gasteiger partial charge in [0, 0.05) is 6.54 Å². The molecule has 0 saturated carbocycles. The molecule has 21 N–H and O–H groups in total. The molecule has 21 saturated heterocycles. The van der Waals surface area contributed by atoms with Gasteiger partial charge in [-0.1, -0.05) is 0 Å². The molecule has 21 aliphatic rings. The van der Waals surface area contributed by atoms with Crippen molar-refractivity contribution in [3.8, 4) is 12.3 Å².